The average molecular weight is 307 g/mol. The number of benzene rings is 1. The van der Waals surface area contributed by atoms with Crippen molar-refractivity contribution in [3.63, 3.8) is 0 Å². The van der Waals surface area contributed by atoms with E-state index in [-0.39, 0.29) is 24.5 Å². The molecule has 0 radical (unpaired) electrons. The number of carbonyl (C=O) groups excluding carboxylic acids is 1. The normalized spacial score (nSPS) is 22.3. The zero-order chi connectivity index (χ0) is 16.1. The second-order valence-electron chi connectivity index (χ2n) is 5.30. The van der Waals surface area contributed by atoms with Crippen LogP contribution in [0.4, 0.5) is 0 Å². The second-order valence-corrected chi connectivity index (χ2v) is 5.30. The fraction of sp³-hybridized carbons (Fsp3) is 0.467. The first-order valence-electron chi connectivity index (χ1n) is 7.28. The molecule has 0 bridgehead atoms. The van der Waals surface area contributed by atoms with Crippen LogP contribution in [-0.4, -0.2) is 42.2 Å². The maximum absolute atomic E-state index is 12.1. The van der Waals surface area contributed by atoms with Crippen molar-refractivity contribution in [2.24, 2.45) is 5.73 Å². The van der Waals surface area contributed by atoms with Crippen LogP contribution in [0.2, 0.25) is 0 Å². The number of hydrogen-bond donors (Lipinski definition) is 4. The number of carboxylic acid groups (broad SMARTS) is 1. The lowest BCUT2D eigenvalue weighted by molar-refractivity contribution is -0.138. The van der Waals surface area contributed by atoms with E-state index in [1.54, 1.807) is 6.07 Å². The minimum atomic E-state index is -1.14. The Morgan fingerprint density at radius 2 is 2.32 bits per heavy atom. The number of carboxylic acids is 1. The molecule has 7 nitrogen and oxygen atoms in total. The molecule has 0 aliphatic carbocycles. The number of hydrogen-bond acceptors (Lipinski definition) is 5. The topological polar surface area (TPSA) is 114 Å². The van der Waals surface area contributed by atoms with Crippen molar-refractivity contribution in [1.82, 2.24) is 10.8 Å². The average Bonchev–Trinajstić information content (AvgIpc) is 3.00. The molecular formula is C15H21N3O4. The molecule has 1 fully saturated rings. The van der Waals surface area contributed by atoms with E-state index < -0.39 is 12.0 Å². The Kier molecular flexibility index (Phi) is 5.48. The molecule has 2 rings (SSSR count). The van der Waals surface area contributed by atoms with Crippen molar-refractivity contribution in [2.45, 2.75) is 31.4 Å². The smallest absolute Gasteiger partial charge is 0.322 e. The summed E-state index contributed by atoms with van der Waals surface area (Å²) >= 11 is 0. The van der Waals surface area contributed by atoms with Crippen LogP contribution < -0.4 is 16.5 Å². The van der Waals surface area contributed by atoms with Crippen LogP contribution in [0.25, 0.3) is 0 Å². The third kappa shape index (κ3) is 3.82. The van der Waals surface area contributed by atoms with Crippen LogP contribution in [0.15, 0.2) is 24.3 Å². The van der Waals surface area contributed by atoms with Crippen molar-refractivity contribution in [3.8, 4) is 0 Å². The Balaban J connectivity index is 2.04. The van der Waals surface area contributed by atoms with Gasteiger partial charge in [-0.15, -0.1) is 0 Å². The van der Waals surface area contributed by atoms with Crippen molar-refractivity contribution in [2.75, 3.05) is 13.1 Å². The first-order chi connectivity index (χ1) is 10.5. The lowest BCUT2D eigenvalue weighted by Crippen LogP contribution is -2.42. The molecule has 1 aliphatic heterocycles. The predicted molar refractivity (Wildman–Crippen MR) is 80.3 cm³/mol. The van der Waals surface area contributed by atoms with E-state index in [2.05, 4.69) is 17.7 Å². The second kappa shape index (κ2) is 7.35. The highest BCUT2D eigenvalue weighted by atomic mass is 16.7. The van der Waals surface area contributed by atoms with Gasteiger partial charge in [-0.3, -0.25) is 14.4 Å². The molecule has 1 saturated heterocycles. The fourth-order valence-corrected chi connectivity index (χ4v) is 2.46. The molecule has 22 heavy (non-hydrogen) atoms. The number of carbonyl (C=O) groups is 2. The van der Waals surface area contributed by atoms with Crippen LogP contribution >= 0.6 is 0 Å². The predicted octanol–water partition coefficient (Wildman–Crippen LogP) is 0.225. The third-order valence-electron chi connectivity index (χ3n) is 3.77. The summed E-state index contributed by atoms with van der Waals surface area (Å²) in [6.45, 7) is 2.64. The molecule has 120 valence electrons. The first kappa shape index (κ1) is 16.4. The number of rotatable bonds is 6. The molecule has 1 aromatic rings. The van der Waals surface area contributed by atoms with Gasteiger partial charge in [0.2, 0.25) is 0 Å². The Morgan fingerprint density at radius 3 is 3.00 bits per heavy atom. The third-order valence-corrected chi connectivity index (χ3v) is 3.77. The van der Waals surface area contributed by atoms with Gasteiger partial charge >= 0.3 is 5.97 Å². The van der Waals surface area contributed by atoms with Gasteiger partial charge < -0.3 is 16.2 Å². The molecule has 3 atom stereocenters. The van der Waals surface area contributed by atoms with Crippen molar-refractivity contribution < 1.29 is 19.5 Å². The standard InChI is InChI=1S/C15H21N3O4/c1-2-13-11(7-18-22-13)9-4-3-5-10(6-9)14(19)17-8-12(16)15(20)21/h3-6,11-13,18H,2,7-8,16H2,1H3,(H,17,19)(H,20,21)/t11?,12-,13?/m1/s1. The van der Waals surface area contributed by atoms with E-state index in [0.717, 1.165) is 12.0 Å². The van der Waals surface area contributed by atoms with Crippen LogP contribution in [0, 0.1) is 0 Å². The molecule has 0 saturated carbocycles. The molecule has 2 unspecified atom stereocenters. The van der Waals surface area contributed by atoms with E-state index in [1.807, 2.05) is 18.2 Å². The summed E-state index contributed by atoms with van der Waals surface area (Å²) in [5, 5.41) is 11.2. The van der Waals surface area contributed by atoms with E-state index in [0.29, 0.717) is 12.1 Å². The SMILES string of the molecule is CCC1ONCC1c1cccc(C(=O)NC[C@@H](N)C(=O)O)c1. The van der Waals surface area contributed by atoms with Crippen molar-refractivity contribution in [3.05, 3.63) is 35.4 Å². The summed E-state index contributed by atoms with van der Waals surface area (Å²) in [5.74, 6) is -1.29. The molecule has 0 spiro atoms. The molecule has 5 N–H and O–H groups in total. The van der Waals surface area contributed by atoms with Crippen LogP contribution in [0.1, 0.15) is 35.2 Å². The fourth-order valence-electron chi connectivity index (χ4n) is 2.46. The highest BCUT2D eigenvalue weighted by Crippen LogP contribution is 2.27. The van der Waals surface area contributed by atoms with Gasteiger partial charge in [0.25, 0.3) is 5.91 Å². The molecular weight excluding hydrogens is 286 g/mol. The van der Waals surface area contributed by atoms with Gasteiger partial charge in [0, 0.05) is 24.6 Å². The number of aliphatic carboxylic acids is 1. The summed E-state index contributed by atoms with van der Waals surface area (Å²) in [6.07, 6.45) is 0.959. The zero-order valence-electron chi connectivity index (χ0n) is 12.4. The van der Waals surface area contributed by atoms with Crippen LogP contribution in [0.3, 0.4) is 0 Å². The molecule has 1 aliphatic rings. The lowest BCUT2D eigenvalue weighted by atomic mass is 9.91. The summed E-state index contributed by atoms with van der Waals surface area (Å²) in [4.78, 5) is 28.2. The van der Waals surface area contributed by atoms with Gasteiger partial charge in [0.1, 0.15) is 6.04 Å². The molecule has 0 aromatic heterocycles. The highest BCUT2D eigenvalue weighted by Gasteiger charge is 2.28. The van der Waals surface area contributed by atoms with Gasteiger partial charge in [0.15, 0.2) is 0 Å². The Hall–Kier alpha value is -1.96. The van der Waals surface area contributed by atoms with E-state index >= 15 is 0 Å². The molecule has 1 amide bonds. The minimum Gasteiger partial charge on any atom is -0.480 e. The molecule has 7 heteroatoms. The lowest BCUT2D eigenvalue weighted by Gasteiger charge is -2.16. The Labute approximate surface area is 128 Å². The zero-order valence-corrected chi connectivity index (χ0v) is 12.4. The molecule has 1 aromatic carbocycles. The highest BCUT2D eigenvalue weighted by molar-refractivity contribution is 5.94. The maximum Gasteiger partial charge on any atom is 0.322 e. The number of nitrogens with one attached hydrogen (secondary N) is 2. The first-order valence-corrected chi connectivity index (χ1v) is 7.28. The van der Waals surface area contributed by atoms with Gasteiger partial charge in [-0.1, -0.05) is 19.1 Å². The number of amides is 1. The minimum absolute atomic E-state index is 0.0822. The summed E-state index contributed by atoms with van der Waals surface area (Å²) in [6, 6.07) is 6.17. The Bertz CT molecular complexity index is 549. The van der Waals surface area contributed by atoms with Gasteiger partial charge in [-0.2, -0.15) is 0 Å². The molecule has 1 heterocycles. The summed E-state index contributed by atoms with van der Waals surface area (Å²) < 4.78 is 0. The van der Waals surface area contributed by atoms with E-state index in [4.69, 9.17) is 15.7 Å². The van der Waals surface area contributed by atoms with Gasteiger partial charge in [-0.25, -0.2) is 5.48 Å². The van der Waals surface area contributed by atoms with Gasteiger partial charge in [-0.05, 0) is 24.1 Å². The maximum atomic E-state index is 12.1. The largest absolute Gasteiger partial charge is 0.480 e. The summed E-state index contributed by atoms with van der Waals surface area (Å²) in [7, 11) is 0. The Morgan fingerprint density at radius 1 is 1.55 bits per heavy atom. The van der Waals surface area contributed by atoms with Gasteiger partial charge in [0.05, 0.1) is 6.10 Å². The van der Waals surface area contributed by atoms with E-state index in [1.165, 1.54) is 0 Å². The van der Waals surface area contributed by atoms with Crippen LogP contribution in [-0.2, 0) is 9.63 Å². The quantitative estimate of drug-likeness (QED) is 0.598. The van der Waals surface area contributed by atoms with Crippen LogP contribution in [0.5, 0.6) is 0 Å². The summed E-state index contributed by atoms with van der Waals surface area (Å²) in [5.41, 5.74) is 9.76. The number of nitrogens with two attached hydrogens (primary N) is 1. The van der Waals surface area contributed by atoms with Crippen molar-refractivity contribution >= 4 is 11.9 Å². The monoisotopic (exact) mass is 307 g/mol. The van der Waals surface area contributed by atoms with Crippen molar-refractivity contribution in [1.29, 1.82) is 0 Å². The van der Waals surface area contributed by atoms with E-state index in [9.17, 15) is 9.59 Å². The number of hydroxylamine groups is 1.